The van der Waals surface area contributed by atoms with Crippen LogP contribution in [0.1, 0.15) is 24.1 Å². The Kier molecular flexibility index (Phi) is 6.55. The second kappa shape index (κ2) is 9.10. The Balaban J connectivity index is 1.65. The molecule has 0 saturated carbocycles. The molecule has 4 rings (SSSR count). The predicted octanol–water partition coefficient (Wildman–Crippen LogP) is 4.76. The van der Waals surface area contributed by atoms with Crippen LogP contribution in [0.25, 0.3) is 0 Å². The van der Waals surface area contributed by atoms with E-state index in [1.165, 1.54) is 25.1 Å². The summed E-state index contributed by atoms with van der Waals surface area (Å²) in [6.45, 7) is 3.99. The molecule has 2 aliphatic heterocycles. The predicted molar refractivity (Wildman–Crippen MR) is 119 cm³/mol. The normalized spacial score (nSPS) is 19.6. The fourth-order valence-corrected chi connectivity index (χ4v) is 4.79. The Labute approximate surface area is 194 Å². The van der Waals surface area contributed by atoms with Crippen LogP contribution in [-0.2, 0) is 11.0 Å². The molecule has 5 nitrogen and oxygen atoms in total. The summed E-state index contributed by atoms with van der Waals surface area (Å²) in [5, 5.41) is -0.0884. The fraction of sp³-hybridized carbons (Fsp3) is 0.478. The number of carbonyl (C=O) groups is 1. The van der Waals surface area contributed by atoms with Crippen LogP contribution in [-0.4, -0.2) is 55.1 Å². The highest BCUT2D eigenvalue weighted by atomic mass is 35.5. The number of anilines is 2. The topological polar surface area (TPSA) is 39.7 Å². The SMILES string of the molecule is Cc1cc(C(F)(F)F)cc(N2CCC[C@H]2C(=O)N(CC2CN(C)C2)c2ccc(F)c(Cl)c2)n1. The molecule has 1 aromatic heterocycles. The minimum absolute atomic E-state index is 0.0884. The zero-order valence-electron chi connectivity index (χ0n) is 18.4. The number of pyridine rings is 1. The number of aryl methyl sites for hydroxylation is 1. The first-order chi connectivity index (χ1) is 15.5. The zero-order chi connectivity index (χ0) is 23.9. The van der Waals surface area contributed by atoms with Crippen LogP contribution in [0.4, 0.5) is 29.1 Å². The van der Waals surface area contributed by atoms with Crippen molar-refractivity contribution < 1.29 is 22.4 Å². The summed E-state index contributed by atoms with van der Waals surface area (Å²) >= 11 is 5.98. The molecule has 1 aromatic carbocycles. The number of hydrogen-bond acceptors (Lipinski definition) is 4. The van der Waals surface area contributed by atoms with E-state index in [9.17, 15) is 22.4 Å². The number of amides is 1. The van der Waals surface area contributed by atoms with Gasteiger partial charge in [0.15, 0.2) is 0 Å². The molecule has 0 bridgehead atoms. The number of halogens is 5. The van der Waals surface area contributed by atoms with Gasteiger partial charge in [-0.15, -0.1) is 0 Å². The van der Waals surface area contributed by atoms with Crippen LogP contribution >= 0.6 is 11.6 Å². The number of rotatable bonds is 5. The van der Waals surface area contributed by atoms with Crippen molar-refractivity contribution in [3.8, 4) is 0 Å². The molecule has 2 saturated heterocycles. The lowest BCUT2D eigenvalue weighted by molar-refractivity contribution is -0.137. The van der Waals surface area contributed by atoms with Crippen molar-refractivity contribution in [2.75, 3.05) is 43.0 Å². The number of hydrogen-bond donors (Lipinski definition) is 0. The molecule has 178 valence electrons. The van der Waals surface area contributed by atoms with Gasteiger partial charge in [-0.2, -0.15) is 13.2 Å². The van der Waals surface area contributed by atoms with Crippen molar-refractivity contribution in [1.29, 1.82) is 0 Å². The van der Waals surface area contributed by atoms with Crippen LogP contribution in [0.5, 0.6) is 0 Å². The molecule has 0 radical (unpaired) electrons. The van der Waals surface area contributed by atoms with E-state index in [1.807, 2.05) is 7.05 Å². The van der Waals surface area contributed by atoms with Crippen molar-refractivity contribution in [2.45, 2.75) is 32.0 Å². The Morgan fingerprint density at radius 1 is 1.24 bits per heavy atom. The van der Waals surface area contributed by atoms with Gasteiger partial charge in [0.05, 0.1) is 10.6 Å². The summed E-state index contributed by atoms with van der Waals surface area (Å²) < 4.78 is 53.8. The molecule has 0 N–H and O–H groups in total. The molecule has 2 aromatic rings. The fourth-order valence-electron chi connectivity index (χ4n) is 4.62. The summed E-state index contributed by atoms with van der Waals surface area (Å²) in [5.41, 5.74) is -0.0821. The number of aromatic nitrogens is 1. The molecule has 10 heteroatoms. The number of alkyl halides is 3. The van der Waals surface area contributed by atoms with Crippen molar-refractivity contribution >= 4 is 29.0 Å². The highest BCUT2D eigenvalue weighted by molar-refractivity contribution is 6.31. The second-order valence-electron chi connectivity index (χ2n) is 8.84. The second-order valence-corrected chi connectivity index (χ2v) is 9.25. The van der Waals surface area contributed by atoms with Crippen molar-refractivity contribution in [3.05, 3.63) is 52.4 Å². The first-order valence-electron chi connectivity index (χ1n) is 10.8. The summed E-state index contributed by atoms with van der Waals surface area (Å²) in [6, 6.07) is 5.47. The van der Waals surface area contributed by atoms with Crippen LogP contribution < -0.4 is 9.80 Å². The van der Waals surface area contributed by atoms with E-state index >= 15 is 0 Å². The Hall–Kier alpha value is -2.39. The van der Waals surface area contributed by atoms with Crippen molar-refractivity contribution in [1.82, 2.24) is 9.88 Å². The first-order valence-corrected chi connectivity index (χ1v) is 11.2. The number of benzene rings is 1. The van der Waals surface area contributed by atoms with E-state index in [0.717, 1.165) is 25.2 Å². The molecule has 2 fully saturated rings. The van der Waals surface area contributed by atoms with Crippen molar-refractivity contribution in [3.63, 3.8) is 0 Å². The molecule has 0 unspecified atom stereocenters. The van der Waals surface area contributed by atoms with Crippen LogP contribution in [0.2, 0.25) is 5.02 Å². The highest BCUT2D eigenvalue weighted by Gasteiger charge is 2.39. The smallest absolute Gasteiger partial charge is 0.345 e. The molecule has 33 heavy (non-hydrogen) atoms. The Morgan fingerprint density at radius 3 is 2.61 bits per heavy atom. The third kappa shape index (κ3) is 5.09. The van der Waals surface area contributed by atoms with Crippen LogP contribution in [0, 0.1) is 18.7 Å². The van der Waals surface area contributed by atoms with E-state index in [4.69, 9.17) is 11.6 Å². The highest BCUT2D eigenvalue weighted by Crippen LogP contribution is 2.35. The average Bonchev–Trinajstić information content (AvgIpc) is 3.21. The van der Waals surface area contributed by atoms with E-state index in [2.05, 4.69) is 9.88 Å². The van der Waals surface area contributed by atoms with Crippen LogP contribution in [0.3, 0.4) is 0 Å². The molecule has 2 aliphatic rings. The van der Waals surface area contributed by atoms with Gasteiger partial charge in [0.25, 0.3) is 0 Å². The molecule has 1 amide bonds. The Bertz CT molecular complexity index is 1040. The van der Waals surface area contributed by atoms with Gasteiger partial charge in [-0.05, 0) is 57.1 Å². The van der Waals surface area contributed by atoms with E-state index in [1.54, 1.807) is 9.80 Å². The summed E-state index contributed by atoms with van der Waals surface area (Å²) in [6.07, 6.45) is -3.36. The van der Waals surface area contributed by atoms with Gasteiger partial charge in [0.2, 0.25) is 5.91 Å². The van der Waals surface area contributed by atoms with Crippen LogP contribution in [0.15, 0.2) is 30.3 Å². The van der Waals surface area contributed by atoms with E-state index in [-0.39, 0.29) is 28.4 Å². The maximum atomic E-state index is 13.8. The first kappa shape index (κ1) is 23.8. The monoisotopic (exact) mass is 484 g/mol. The van der Waals surface area contributed by atoms with Gasteiger partial charge < -0.3 is 14.7 Å². The lowest BCUT2D eigenvalue weighted by Gasteiger charge is -2.40. The van der Waals surface area contributed by atoms with Gasteiger partial charge >= 0.3 is 6.18 Å². The van der Waals surface area contributed by atoms with Gasteiger partial charge in [-0.1, -0.05) is 11.6 Å². The lowest BCUT2D eigenvalue weighted by atomic mass is 9.99. The van der Waals surface area contributed by atoms with Gasteiger partial charge in [-0.3, -0.25) is 4.79 Å². The average molecular weight is 485 g/mol. The van der Waals surface area contributed by atoms with Gasteiger partial charge in [0, 0.05) is 43.5 Å². The third-order valence-corrected chi connectivity index (χ3v) is 6.45. The molecular weight excluding hydrogens is 460 g/mol. The summed E-state index contributed by atoms with van der Waals surface area (Å²) in [5.74, 6) is -0.450. The van der Waals surface area contributed by atoms with Gasteiger partial charge in [0.1, 0.15) is 17.7 Å². The standard InChI is InChI=1S/C23H25ClF4N4O/c1-14-8-16(23(26,27)28)9-21(29-14)31-7-3-4-20(31)22(33)32(13-15-11-30(2)12-15)17-5-6-19(25)18(24)10-17/h5-6,8-10,15,20H,3-4,7,11-13H2,1-2H3/t20-/m0/s1. The molecule has 0 spiro atoms. The minimum Gasteiger partial charge on any atom is -0.345 e. The molecule has 0 aliphatic carbocycles. The number of nitrogens with zero attached hydrogens (tertiary/aromatic N) is 4. The third-order valence-electron chi connectivity index (χ3n) is 6.16. The van der Waals surface area contributed by atoms with E-state index < -0.39 is 23.6 Å². The lowest BCUT2D eigenvalue weighted by Crippen LogP contribution is -2.53. The van der Waals surface area contributed by atoms with Crippen molar-refractivity contribution in [2.24, 2.45) is 5.92 Å². The molecular formula is C23H25ClF4N4O. The number of carbonyl (C=O) groups excluding carboxylic acids is 1. The maximum absolute atomic E-state index is 13.8. The zero-order valence-corrected chi connectivity index (χ0v) is 19.1. The quantitative estimate of drug-likeness (QED) is 0.573. The molecule has 1 atom stereocenters. The Morgan fingerprint density at radius 2 is 1.97 bits per heavy atom. The number of likely N-dealkylation sites (tertiary alicyclic amines) is 1. The maximum Gasteiger partial charge on any atom is 0.416 e. The largest absolute Gasteiger partial charge is 0.416 e. The molecule has 3 heterocycles. The van der Waals surface area contributed by atoms with Gasteiger partial charge in [-0.25, -0.2) is 9.37 Å². The summed E-state index contributed by atoms with van der Waals surface area (Å²) in [7, 11) is 1.98. The van der Waals surface area contributed by atoms with E-state index in [0.29, 0.717) is 31.6 Å². The summed E-state index contributed by atoms with van der Waals surface area (Å²) in [4.78, 5) is 23.4. The minimum atomic E-state index is -4.51.